The number of hydrogen-bond donors (Lipinski definition) is 1. The molecular formula is C15H21F3O3. The highest BCUT2D eigenvalue weighted by Crippen LogP contribution is 2.46. The van der Waals surface area contributed by atoms with Crippen LogP contribution in [0.4, 0.5) is 13.2 Å². The lowest BCUT2D eigenvalue weighted by molar-refractivity contribution is -0.259. The highest BCUT2D eigenvalue weighted by atomic mass is 19.4. The number of alkyl halides is 3. The summed E-state index contributed by atoms with van der Waals surface area (Å²) in [5, 5.41) is 9.91. The maximum absolute atomic E-state index is 13.1. The quantitative estimate of drug-likeness (QED) is 0.892. The van der Waals surface area contributed by atoms with Crippen LogP contribution in [0.5, 0.6) is 11.5 Å². The van der Waals surface area contributed by atoms with Crippen LogP contribution in [0.15, 0.2) is 18.2 Å². The number of benzene rings is 1. The van der Waals surface area contributed by atoms with Gasteiger partial charge in [0.05, 0.1) is 12.2 Å². The average molecular weight is 306 g/mol. The molecule has 1 unspecified atom stereocenters. The van der Waals surface area contributed by atoms with Gasteiger partial charge in [-0.3, -0.25) is 0 Å². The van der Waals surface area contributed by atoms with Gasteiger partial charge in [0.1, 0.15) is 0 Å². The van der Waals surface area contributed by atoms with Gasteiger partial charge >= 0.3 is 6.18 Å². The zero-order chi connectivity index (χ0) is 16.4. The van der Waals surface area contributed by atoms with Gasteiger partial charge in [0.2, 0.25) is 0 Å². The second kappa shape index (κ2) is 6.13. The third-order valence-electron chi connectivity index (χ3n) is 2.77. The van der Waals surface area contributed by atoms with Crippen LogP contribution in [0.2, 0.25) is 0 Å². The van der Waals surface area contributed by atoms with E-state index in [0.29, 0.717) is 6.92 Å². The largest absolute Gasteiger partial charge is 0.487 e. The van der Waals surface area contributed by atoms with E-state index in [2.05, 4.69) is 0 Å². The normalized spacial score (nSPS) is 15.2. The van der Waals surface area contributed by atoms with E-state index in [1.54, 1.807) is 27.7 Å². The van der Waals surface area contributed by atoms with E-state index in [9.17, 15) is 18.3 Å². The molecule has 120 valence electrons. The Kier molecular flexibility index (Phi) is 5.15. The molecule has 0 bridgehead atoms. The first-order chi connectivity index (χ1) is 9.46. The lowest BCUT2D eigenvalue weighted by atomic mass is 9.94. The van der Waals surface area contributed by atoms with Gasteiger partial charge in [-0.05, 0) is 40.7 Å². The fourth-order valence-electron chi connectivity index (χ4n) is 1.76. The SMILES string of the molecule is CC(C)Oc1cccc(C(C)(O)C(F)(F)F)c1OC(C)C. The highest BCUT2D eigenvalue weighted by Gasteiger charge is 2.53. The average Bonchev–Trinajstić information content (AvgIpc) is 2.28. The minimum absolute atomic E-state index is 0.0801. The molecule has 0 aliphatic rings. The van der Waals surface area contributed by atoms with E-state index in [4.69, 9.17) is 9.47 Å². The van der Waals surface area contributed by atoms with E-state index in [0.717, 1.165) is 0 Å². The van der Waals surface area contributed by atoms with Crippen molar-refractivity contribution >= 4 is 0 Å². The maximum Gasteiger partial charge on any atom is 0.421 e. The lowest BCUT2D eigenvalue weighted by Crippen LogP contribution is -2.39. The van der Waals surface area contributed by atoms with Crippen LogP contribution in [0.1, 0.15) is 40.2 Å². The van der Waals surface area contributed by atoms with Crippen molar-refractivity contribution in [2.24, 2.45) is 0 Å². The minimum atomic E-state index is -4.82. The predicted octanol–water partition coefficient (Wildman–Crippen LogP) is 4.03. The molecule has 0 saturated carbocycles. The number of ether oxygens (including phenoxy) is 2. The summed E-state index contributed by atoms with van der Waals surface area (Å²) >= 11 is 0. The Bertz CT molecular complexity index is 480. The lowest BCUT2D eigenvalue weighted by Gasteiger charge is -2.30. The molecule has 0 aliphatic carbocycles. The third-order valence-corrected chi connectivity index (χ3v) is 2.77. The topological polar surface area (TPSA) is 38.7 Å². The van der Waals surface area contributed by atoms with E-state index in [1.165, 1.54) is 18.2 Å². The van der Waals surface area contributed by atoms with Crippen LogP contribution in [0.25, 0.3) is 0 Å². The van der Waals surface area contributed by atoms with Crippen molar-refractivity contribution in [1.29, 1.82) is 0 Å². The molecule has 0 saturated heterocycles. The third kappa shape index (κ3) is 4.03. The van der Waals surface area contributed by atoms with E-state index >= 15 is 0 Å². The molecule has 0 aliphatic heterocycles. The molecule has 21 heavy (non-hydrogen) atoms. The molecule has 0 aromatic heterocycles. The van der Waals surface area contributed by atoms with Crippen LogP contribution in [-0.2, 0) is 5.60 Å². The monoisotopic (exact) mass is 306 g/mol. The fraction of sp³-hybridized carbons (Fsp3) is 0.600. The Morgan fingerprint density at radius 3 is 1.95 bits per heavy atom. The second-order valence-electron chi connectivity index (χ2n) is 5.54. The predicted molar refractivity (Wildman–Crippen MR) is 73.6 cm³/mol. The standard InChI is InChI=1S/C15H21F3O3/c1-9(2)20-12-8-6-7-11(13(12)21-10(3)4)14(5,19)15(16,17)18/h6-10,19H,1-5H3. The van der Waals surface area contributed by atoms with Crippen molar-refractivity contribution in [3.63, 3.8) is 0 Å². The number of rotatable bonds is 5. The van der Waals surface area contributed by atoms with Crippen molar-refractivity contribution < 1.29 is 27.8 Å². The molecule has 1 aromatic rings. The molecule has 6 heteroatoms. The molecular weight excluding hydrogens is 285 g/mol. The Hall–Kier alpha value is -1.43. The summed E-state index contributed by atoms with van der Waals surface area (Å²) in [6.45, 7) is 7.60. The number of hydrogen-bond acceptors (Lipinski definition) is 3. The molecule has 1 aromatic carbocycles. The highest BCUT2D eigenvalue weighted by molar-refractivity contribution is 5.50. The van der Waals surface area contributed by atoms with Gasteiger partial charge in [-0.2, -0.15) is 13.2 Å². The molecule has 0 spiro atoms. The summed E-state index contributed by atoms with van der Waals surface area (Å²) in [5.41, 5.74) is -3.38. The number of para-hydroxylation sites is 1. The van der Waals surface area contributed by atoms with Crippen LogP contribution < -0.4 is 9.47 Å². The van der Waals surface area contributed by atoms with Gasteiger partial charge < -0.3 is 14.6 Å². The molecule has 3 nitrogen and oxygen atoms in total. The first kappa shape index (κ1) is 17.6. The smallest absolute Gasteiger partial charge is 0.421 e. The van der Waals surface area contributed by atoms with E-state index in [1.807, 2.05) is 0 Å². The molecule has 1 atom stereocenters. The second-order valence-corrected chi connectivity index (χ2v) is 5.54. The number of halogens is 3. The Morgan fingerprint density at radius 1 is 1.00 bits per heavy atom. The summed E-state index contributed by atoms with van der Waals surface area (Å²) in [6, 6.07) is 4.12. The van der Waals surface area contributed by atoms with Gasteiger partial charge in [-0.1, -0.05) is 12.1 Å². The van der Waals surface area contributed by atoms with Crippen molar-refractivity contribution in [2.75, 3.05) is 0 Å². The van der Waals surface area contributed by atoms with Gasteiger partial charge in [-0.15, -0.1) is 0 Å². The number of aliphatic hydroxyl groups is 1. The van der Waals surface area contributed by atoms with Gasteiger partial charge in [0, 0.05) is 5.56 Å². The van der Waals surface area contributed by atoms with Crippen LogP contribution in [-0.4, -0.2) is 23.5 Å². The Morgan fingerprint density at radius 2 is 1.52 bits per heavy atom. The fourth-order valence-corrected chi connectivity index (χ4v) is 1.76. The van der Waals surface area contributed by atoms with Crippen molar-refractivity contribution in [3.05, 3.63) is 23.8 Å². The minimum Gasteiger partial charge on any atom is -0.487 e. The first-order valence-corrected chi connectivity index (χ1v) is 6.72. The van der Waals surface area contributed by atoms with Crippen LogP contribution in [0, 0.1) is 0 Å². The van der Waals surface area contributed by atoms with Crippen molar-refractivity contribution in [2.45, 2.75) is 58.6 Å². The first-order valence-electron chi connectivity index (χ1n) is 6.72. The molecule has 0 amide bonds. The van der Waals surface area contributed by atoms with Gasteiger partial charge in [0.25, 0.3) is 0 Å². The van der Waals surface area contributed by atoms with Crippen molar-refractivity contribution in [3.8, 4) is 11.5 Å². The van der Waals surface area contributed by atoms with Gasteiger partial charge in [-0.25, -0.2) is 0 Å². The molecule has 0 heterocycles. The Balaban J connectivity index is 3.44. The van der Waals surface area contributed by atoms with Crippen LogP contribution >= 0.6 is 0 Å². The molecule has 0 radical (unpaired) electrons. The molecule has 1 rings (SSSR count). The summed E-state index contributed by atoms with van der Waals surface area (Å²) in [4.78, 5) is 0. The van der Waals surface area contributed by atoms with E-state index < -0.39 is 11.8 Å². The summed E-state index contributed by atoms with van der Waals surface area (Å²) < 4.78 is 50.2. The van der Waals surface area contributed by atoms with Crippen molar-refractivity contribution in [1.82, 2.24) is 0 Å². The zero-order valence-electron chi connectivity index (χ0n) is 12.8. The van der Waals surface area contributed by atoms with E-state index in [-0.39, 0.29) is 29.3 Å². The molecule has 1 N–H and O–H groups in total. The summed E-state index contributed by atoms with van der Waals surface area (Å²) in [7, 11) is 0. The summed E-state index contributed by atoms with van der Waals surface area (Å²) in [6.07, 6.45) is -5.41. The Labute approximate surface area is 122 Å². The molecule has 0 fully saturated rings. The maximum atomic E-state index is 13.1. The van der Waals surface area contributed by atoms with Crippen LogP contribution in [0.3, 0.4) is 0 Å². The zero-order valence-corrected chi connectivity index (χ0v) is 12.8. The van der Waals surface area contributed by atoms with Gasteiger partial charge in [0.15, 0.2) is 17.1 Å². The summed E-state index contributed by atoms with van der Waals surface area (Å²) in [5.74, 6) is 0.101.